The number of ether oxygens (including phenoxy) is 1. The van der Waals surface area contributed by atoms with Crippen molar-refractivity contribution in [1.29, 1.82) is 0 Å². The fourth-order valence-corrected chi connectivity index (χ4v) is 3.17. The Morgan fingerprint density at radius 2 is 1.90 bits per heavy atom. The third kappa shape index (κ3) is 2.83. The second kappa shape index (κ2) is 5.49. The van der Waals surface area contributed by atoms with Crippen molar-refractivity contribution in [3.05, 3.63) is 29.8 Å². The van der Waals surface area contributed by atoms with Gasteiger partial charge in [-0.15, -0.1) is 0 Å². The molecule has 0 unspecified atom stereocenters. The highest BCUT2D eigenvalue weighted by atomic mass is 32.2. The van der Waals surface area contributed by atoms with Crippen LogP contribution in [0.15, 0.2) is 29.2 Å². The Kier molecular flexibility index (Phi) is 4.09. The molecule has 0 radical (unpaired) electrons. The zero-order valence-corrected chi connectivity index (χ0v) is 11.5. The van der Waals surface area contributed by atoms with E-state index in [1.807, 2.05) is 6.92 Å². The van der Waals surface area contributed by atoms with Crippen LogP contribution in [0.5, 0.6) is 0 Å². The van der Waals surface area contributed by atoms with Crippen molar-refractivity contribution in [3.63, 3.8) is 0 Å². The van der Waals surface area contributed by atoms with Crippen LogP contribution in [0, 0.1) is 6.92 Å². The van der Waals surface area contributed by atoms with Crippen molar-refractivity contribution in [2.45, 2.75) is 30.1 Å². The molecule has 0 aromatic heterocycles. The Hall–Kier alpha value is -1.48. The number of carbonyl (C=O) groups is 1. The van der Waals surface area contributed by atoms with Gasteiger partial charge in [0.1, 0.15) is 6.10 Å². The summed E-state index contributed by atoms with van der Waals surface area (Å²) in [5.41, 5.74) is 0.900. The number of nitrogens with one attached hydrogen (secondary N) is 1. The molecule has 110 valence electrons. The lowest BCUT2D eigenvalue weighted by molar-refractivity contribution is -0.148. The molecule has 1 aliphatic heterocycles. The van der Waals surface area contributed by atoms with Gasteiger partial charge >= 0.3 is 5.97 Å². The summed E-state index contributed by atoms with van der Waals surface area (Å²) in [4.78, 5) is 11.2. The minimum Gasteiger partial charge on any atom is -0.456 e. The molecule has 20 heavy (non-hydrogen) atoms. The minimum absolute atomic E-state index is 0.00587. The van der Waals surface area contributed by atoms with E-state index in [9.17, 15) is 18.3 Å². The van der Waals surface area contributed by atoms with Crippen LogP contribution >= 0.6 is 0 Å². The van der Waals surface area contributed by atoms with E-state index in [-0.39, 0.29) is 4.90 Å². The van der Waals surface area contributed by atoms with Crippen LogP contribution in [0.3, 0.4) is 0 Å². The number of aliphatic hydroxyl groups excluding tert-OH is 2. The Balaban J connectivity index is 2.23. The van der Waals surface area contributed by atoms with E-state index in [2.05, 4.69) is 9.46 Å². The quantitative estimate of drug-likeness (QED) is 0.610. The van der Waals surface area contributed by atoms with E-state index in [1.165, 1.54) is 12.1 Å². The SMILES string of the molecule is Cc1ccc(S(=O)(=O)N[C@@H]2[C@H](CO)OC(=O)[C@@H]2O)cc1. The third-order valence-corrected chi connectivity index (χ3v) is 4.53. The number of cyclic esters (lactones) is 1. The number of carbonyl (C=O) groups excluding carboxylic acids is 1. The van der Waals surface area contributed by atoms with Crippen LogP contribution in [0.2, 0.25) is 0 Å². The maximum atomic E-state index is 12.1. The monoisotopic (exact) mass is 301 g/mol. The van der Waals surface area contributed by atoms with Gasteiger partial charge in [0, 0.05) is 0 Å². The van der Waals surface area contributed by atoms with Gasteiger partial charge in [0.15, 0.2) is 6.10 Å². The fourth-order valence-electron chi connectivity index (χ4n) is 1.90. The molecule has 1 saturated heterocycles. The summed E-state index contributed by atoms with van der Waals surface area (Å²) in [6.45, 7) is 1.24. The molecule has 1 heterocycles. The molecule has 1 aromatic rings. The number of hydrogen-bond acceptors (Lipinski definition) is 6. The van der Waals surface area contributed by atoms with Gasteiger partial charge in [-0.1, -0.05) is 17.7 Å². The van der Waals surface area contributed by atoms with E-state index in [0.29, 0.717) is 0 Å². The van der Waals surface area contributed by atoms with Crippen LogP contribution < -0.4 is 4.72 Å². The first-order chi connectivity index (χ1) is 9.35. The Morgan fingerprint density at radius 3 is 2.45 bits per heavy atom. The van der Waals surface area contributed by atoms with E-state index < -0.39 is 40.8 Å². The van der Waals surface area contributed by atoms with Gasteiger partial charge in [-0.2, -0.15) is 0 Å². The molecule has 0 amide bonds. The summed E-state index contributed by atoms with van der Waals surface area (Å²) in [5, 5.41) is 18.7. The fraction of sp³-hybridized carbons (Fsp3) is 0.417. The summed E-state index contributed by atoms with van der Waals surface area (Å²) in [7, 11) is -3.91. The van der Waals surface area contributed by atoms with Gasteiger partial charge in [0.25, 0.3) is 0 Å². The summed E-state index contributed by atoms with van der Waals surface area (Å²) >= 11 is 0. The molecule has 7 nitrogen and oxygen atoms in total. The number of esters is 1. The normalized spacial score (nSPS) is 26.6. The van der Waals surface area contributed by atoms with Crippen molar-refractivity contribution in [2.24, 2.45) is 0 Å². The lowest BCUT2D eigenvalue weighted by Gasteiger charge is -2.18. The van der Waals surface area contributed by atoms with Gasteiger partial charge in [0.2, 0.25) is 10.0 Å². The molecule has 8 heteroatoms. The van der Waals surface area contributed by atoms with Gasteiger partial charge < -0.3 is 14.9 Å². The maximum Gasteiger partial charge on any atom is 0.337 e. The highest BCUT2D eigenvalue weighted by Gasteiger charge is 2.45. The standard InChI is InChI=1S/C12H15NO6S/c1-7-2-4-8(5-3-7)20(17,18)13-10-9(6-14)19-12(16)11(10)15/h2-5,9-11,13-15H,6H2,1H3/t9-,10+,11+/m0/s1. The molecule has 0 spiro atoms. The van der Waals surface area contributed by atoms with Crippen LogP contribution in [-0.2, 0) is 19.6 Å². The summed E-state index contributed by atoms with van der Waals surface area (Å²) in [5.74, 6) is -0.958. The highest BCUT2D eigenvalue weighted by molar-refractivity contribution is 7.89. The molecule has 0 bridgehead atoms. The average Bonchev–Trinajstić information content (AvgIpc) is 2.66. The largest absolute Gasteiger partial charge is 0.456 e. The Bertz CT molecular complexity index is 597. The van der Waals surface area contributed by atoms with Crippen molar-refractivity contribution >= 4 is 16.0 Å². The first kappa shape index (κ1) is 14.9. The molecular formula is C12H15NO6S. The van der Waals surface area contributed by atoms with E-state index >= 15 is 0 Å². The first-order valence-electron chi connectivity index (χ1n) is 5.93. The van der Waals surface area contributed by atoms with Crippen LogP contribution in [0.25, 0.3) is 0 Å². The molecule has 1 aromatic carbocycles. The van der Waals surface area contributed by atoms with Crippen LogP contribution in [0.4, 0.5) is 0 Å². The second-order valence-corrected chi connectivity index (χ2v) is 6.28. The second-order valence-electron chi connectivity index (χ2n) is 4.56. The van der Waals surface area contributed by atoms with E-state index in [0.717, 1.165) is 5.56 Å². The minimum atomic E-state index is -3.91. The summed E-state index contributed by atoms with van der Waals surface area (Å²) in [6.07, 6.45) is -2.73. The molecule has 1 fully saturated rings. The lowest BCUT2D eigenvalue weighted by Crippen LogP contribution is -2.48. The third-order valence-electron chi connectivity index (χ3n) is 3.05. The summed E-state index contributed by atoms with van der Waals surface area (Å²) < 4.78 is 31.1. The average molecular weight is 301 g/mol. The number of sulfonamides is 1. The highest BCUT2D eigenvalue weighted by Crippen LogP contribution is 2.19. The first-order valence-corrected chi connectivity index (χ1v) is 7.42. The van der Waals surface area contributed by atoms with Crippen molar-refractivity contribution in [3.8, 4) is 0 Å². The lowest BCUT2D eigenvalue weighted by atomic mass is 10.1. The predicted molar refractivity (Wildman–Crippen MR) is 68.3 cm³/mol. The van der Waals surface area contributed by atoms with Crippen molar-refractivity contribution in [1.82, 2.24) is 4.72 Å². The number of hydrogen-bond donors (Lipinski definition) is 3. The Morgan fingerprint density at radius 1 is 1.30 bits per heavy atom. The van der Waals surface area contributed by atoms with Crippen molar-refractivity contribution in [2.75, 3.05) is 6.61 Å². The van der Waals surface area contributed by atoms with Gasteiger partial charge in [0.05, 0.1) is 17.5 Å². The molecule has 0 aliphatic carbocycles. The number of benzene rings is 1. The zero-order chi connectivity index (χ0) is 14.9. The van der Waals surface area contributed by atoms with Crippen molar-refractivity contribution < 1.29 is 28.2 Å². The molecule has 3 N–H and O–H groups in total. The van der Waals surface area contributed by atoms with Crippen LogP contribution in [-0.4, -0.2) is 49.5 Å². The number of aryl methyl sites for hydroxylation is 1. The number of rotatable bonds is 4. The molecule has 2 rings (SSSR count). The van der Waals surface area contributed by atoms with Gasteiger partial charge in [-0.25, -0.2) is 17.9 Å². The molecule has 0 saturated carbocycles. The molecule has 3 atom stereocenters. The Labute approximate surface area is 116 Å². The molecular weight excluding hydrogens is 286 g/mol. The van der Waals surface area contributed by atoms with Gasteiger partial charge in [-0.05, 0) is 19.1 Å². The smallest absolute Gasteiger partial charge is 0.337 e. The van der Waals surface area contributed by atoms with Crippen LogP contribution in [0.1, 0.15) is 5.56 Å². The van der Waals surface area contributed by atoms with E-state index in [1.54, 1.807) is 12.1 Å². The topological polar surface area (TPSA) is 113 Å². The predicted octanol–water partition coefficient (Wildman–Crippen LogP) is -1.08. The molecule has 1 aliphatic rings. The summed E-state index contributed by atoms with van der Waals surface area (Å²) in [6, 6.07) is 4.87. The van der Waals surface area contributed by atoms with E-state index in [4.69, 9.17) is 5.11 Å². The maximum absolute atomic E-state index is 12.1. The zero-order valence-electron chi connectivity index (χ0n) is 10.7. The van der Waals surface area contributed by atoms with Gasteiger partial charge in [-0.3, -0.25) is 0 Å². The number of aliphatic hydroxyl groups is 2.